The predicted molar refractivity (Wildman–Crippen MR) is 82.5 cm³/mol. The monoisotopic (exact) mass is 358 g/mol. The molecule has 0 aliphatic rings. The molecule has 19 heavy (non-hydrogen) atoms. The van der Waals surface area contributed by atoms with Crippen LogP contribution in [0.25, 0.3) is 5.69 Å². The number of aromatic nitrogens is 1. The summed E-state index contributed by atoms with van der Waals surface area (Å²) in [5, 5.41) is 0. The molecule has 0 bridgehead atoms. The minimum atomic E-state index is -0.443. The Hall–Kier alpha value is -1.18. The third-order valence-corrected chi connectivity index (χ3v) is 4.44. The number of nitrogens with two attached hydrogens (primary N) is 1. The second-order valence-electron chi connectivity index (χ2n) is 3.59. The van der Waals surface area contributed by atoms with E-state index >= 15 is 0 Å². The Balaban J connectivity index is 2.58. The first kappa shape index (κ1) is 14.2. The van der Waals surface area contributed by atoms with E-state index in [9.17, 15) is 4.79 Å². The number of halogens is 1. The van der Waals surface area contributed by atoms with E-state index in [0.29, 0.717) is 21.3 Å². The first-order chi connectivity index (χ1) is 9.06. The maximum Gasteiger partial charge on any atom is 0.352 e. The fourth-order valence-corrected chi connectivity index (χ4v) is 3.30. The normalized spacial score (nSPS) is 10.4. The summed E-state index contributed by atoms with van der Waals surface area (Å²) >= 11 is 9.87. The number of rotatable bonds is 3. The lowest BCUT2D eigenvalue weighted by Crippen LogP contribution is -2.08. The highest BCUT2D eigenvalue weighted by Gasteiger charge is 2.19. The van der Waals surface area contributed by atoms with Gasteiger partial charge in [-0.15, -0.1) is 0 Å². The summed E-state index contributed by atoms with van der Waals surface area (Å²) in [6.45, 7) is 2.05. The molecule has 100 valence electrons. The van der Waals surface area contributed by atoms with E-state index in [0.717, 1.165) is 21.5 Å². The van der Waals surface area contributed by atoms with Gasteiger partial charge in [-0.1, -0.05) is 23.5 Å². The number of ether oxygens (including phenoxy) is 1. The van der Waals surface area contributed by atoms with Gasteiger partial charge >= 0.3 is 5.97 Å². The first-order valence-corrected chi connectivity index (χ1v) is 7.51. The number of anilines is 1. The van der Waals surface area contributed by atoms with Gasteiger partial charge in [0.2, 0.25) is 0 Å². The van der Waals surface area contributed by atoms with Gasteiger partial charge in [-0.25, -0.2) is 4.79 Å². The summed E-state index contributed by atoms with van der Waals surface area (Å²) in [5.74, 6) is -0.137. The summed E-state index contributed by atoms with van der Waals surface area (Å²) < 4.78 is 7.99. The van der Waals surface area contributed by atoms with Gasteiger partial charge in [-0.3, -0.25) is 4.57 Å². The lowest BCUT2D eigenvalue weighted by molar-refractivity contribution is 0.0533. The van der Waals surface area contributed by atoms with Crippen LogP contribution in [0.5, 0.6) is 0 Å². The zero-order valence-electron chi connectivity index (χ0n) is 10.1. The molecule has 0 amide bonds. The molecular weight excluding hydrogens is 348 g/mol. The molecule has 0 unspecified atom stereocenters. The molecule has 0 aliphatic heterocycles. The molecule has 0 atom stereocenters. The van der Waals surface area contributed by atoms with E-state index < -0.39 is 5.97 Å². The minimum Gasteiger partial charge on any atom is -0.462 e. The largest absolute Gasteiger partial charge is 0.462 e. The van der Waals surface area contributed by atoms with Gasteiger partial charge < -0.3 is 10.5 Å². The van der Waals surface area contributed by atoms with Crippen LogP contribution in [0, 0.1) is 3.95 Å². The lowest BCUT2D eigenvalue weighted by atomic mass is 10.3. The first-order valence-electron chi connectivity index (χ1n) is 5.49. The molecule has 4 nitrogen and oxygen atoms in total. The summed E-state index contributed by atoms with van der Waals surface area (Å²) in [6.07, 6.45) is 0. The molecule has 1 aromatic carbocycles. The average molecular weight is 359 g/mol. The van der Waals surface area contributed by atoms with Gasteiger partial charge in [0, 0.05) is 4.47 Å². The average Bonchev–Trinajstić information content (AvgIpc) is 2.66. The number of thiazole rings is 1. The van der Waals surface area contributed by atoms with E-state index in [1.807, 2.05) is 24.3 Å². The number of para-hydroxylation sites is 1. The van der Waals surface area contributed by atoms with Crippen molar-refractivity contribution in [3.05, 3.63) is 37.6 Å². The highest BCUT2D eigenvalue weighted by Crippen LogP contribution is 2.30. The smallest absolute Gasteiger partial charge is 0.352 e. The molecule has 2 rings (SSSR count). The molecule has 0 radical (unpaired) electrons. The van der Waals surface area contributed by atoms with Crippen molar-refractivity contribution in [1.29, 1.82) is 0 Å². The fraction of sp³-hybridized carbons (Fsp3) is 0.167. The summed E-state index contributed by atoms with van der Waals surface area (Å²) in [6, 6.07) is 7.53. The van der Waals surface area contributed by atoms with Crippen LogP contribution in [0.3, 0.4) is 0 Å². The van der Waals surface area contributed by atoms with Crippen LogP contribution in [-0.4, -0.2) is 17.1 Å². The number of carbonyl (C=O) groups excluding carboxylic acids is 1. The SMILES string of the molecule is CCOC(=O)c1sc(=S)n(-c2ccccc2Br)c1N. The minimum absolute atomic E-state index is 0.304. The van der Waals surface area contributed by atoms with E-state index in [1.165, 1.54) is 0 Å². The number of hydrogen-bond donors (Lipinski definition) is 1. The van der Waals surface area contributed by atoms with E-state index in [2.05, 4.69) is 15.9 Å². The Labute approximate surface area is 127 Å². The Morgan fingerprint density at radius 2 is 2.21 bits per heavy atom. The van der Waals surface area contributed by atoms with E-state index in [-0.39, 0.29) is 0 Å². The lowest BCUT2D eigenvalue weighted by Gasteiger charge is -2.08. The molecule has 1 aromatic heterocycles. The van der Waals surface area contributed by atoms with Crippen molar-refractivity contribution in [3.8, 4) is 5.69 Å². The second kappa shape index (κ2) is 5.85. The highest BCUT2D eigenvalue weighted by molar-refractivity contribution is 9.10. The number of esters is 1. The van der Waals surface area contributed by atoms with Crippen molar-refractivity contribution in [2.24, 2.45) is 0 Å². The number of carbonyl (C=O) groups is 1. The van der Waals surface area contributed by atoms with Gasteiger partial charge in [0.1, 0.15) is 5.82 Å². The molecule has 2 aromatic rings. The summed E-state index contributed by atoms with van der Waals surface area (Å²) in [5.41, 5.74) is 6.82. The van der Waals surface area contributed by atoms with Crippen molar-refractivity contribution in [3.63, 3.8) is 0 Å². The van der Waals surface area contributed by atoms with Crippen molar-refractivity contribution < 1.29 is 9.53 Å². The van der Waals surface area contributed by atoms with Gasteiger partial charge in [0.05, 0.1) is 12.3 Å². The molecular formula is C12H11BrN2O2S2. The van der Waals surface area contributed by atoms with Crippen LogP contribution in [0.15, 0.2) is 28.7 Å². The maximum absolute atomic E-state index is 11.8. The fourth-order valence-electron chi connectivity index (χ4n) is 1.59. The van der Waals surface area contributed by atoms with Crippen LogP contribution >= 0.6 is 39.5 Å². The standard InChI is InChI=1S/C12H11BrN2O2S2/c1-2-17-11(16)9-10(14)15(12(18)19-9)8-6-4-3-5-7(8)13/h3-6H,2,14H2,1H3. The molecule has 0 spiro atoms. The second-order valence-corrected chi connectivity index (χ2v) is 6.09. The molecule has 0 saturated heterocycles. The van der Waals surface area contributed by atoms with Crippen LogP contribution in [-0.2, 0) is 4.74 Å². The molecule has 0 aliphatic carbocycles. The third kappa shape index (κ3) is 2.72. The van der Waals surface area contributed by atoms with Crippen molar-refractivity contribution in [1.82, 2.24) is 4.57 Å². The Morgan fingerprint density at radius 1 is 1.53 bits per heavy atom. The van der Waals surface area contributed by atoms with Crippen LogP contribution in [0.2, 0.25) is 0 Å². The van der Waals surface area contributed by atoms with Crippen molar-refractivity contribution in [2.45, 2.75) is 6.92 Å². The Kier molecular flexibility index (Phi) is 4.38. The van der Waals surface area contributed by atoms with Gasteiger partial charge in [0.15, 0.2) is 8.83 Å². The number of benzene rings is 1. The molecule has 1 heterocycles. The third-order valence-electron chi connectivity index (χ3n) is 2.40. The topological polar surface area (TPSA) is 57.2 Å². The van der Waals surface area contributed by atoms with Gasteiger partial charge in [-0.05, 0) is 47.2 Å². The number of nitrogens with zero attached hydrogens (tertiary/aromatic N) is 1. The molecule has 0 saturated carbocycles. The maximum atomic E-state index is 11.8. The van der Waals surface area contributed by atoms with E-state index in [4.69, 9.17) is 22.7 Å². The predicted octanol–water partition coefficient (Wildman–Crippen LogP) is 3.79. The molecule has 2 N–H and O–H groups in total. The van der Waals surface area contributed by atoms with Crippen LogP contribution < -0.4 is 5.73 Å². The molecule has 0 fully saturated rings. The Morgan fingerprint density at radius 3 is 2.84 bits per heavy atom. The van der Waals surface area contributed by atoms with Crippen molar-refractivity contribution in [2.75, 3.05) is 12.3 Å². The summed E-state index contributed by atoms with van der Waals surface area (Å²) in [4.78, 5) is 12.1. The van der Waals surface area contributed by atoms with Crippen molar-refractivity contribution >= 4 is 51.3 Å². The number of hydrogen-bond acceptors (Lipinski definition) is 5. The Bertz CT molecular complexity index is 679. The van der Waals surface area contributed by atoms with Gasteiger partial charge in [-0.2, -0.15) is 0 Å². The summed E-state index contributed by atoms with van der Waals surface area (Å²) in [7, 11) is 0. The zero-order valence-corrected chi connectivity index (χ0v) is 13.3. The zero-order chi connectivity index (χ0) is 14.0. The van der Waals surface area contributed by atoms with Crippen LogP contribution in [0.4, 0.5) is 5.82 Å². The van der Waals surface area contributed by atoms with E-state index in [1.54, 1.807) is 11.5 Å². The quantitative estimate of drug-likeness (QED) is 0.669. The van der Waals surface area contributed by atoms with Crippen LogP contribution in [0.1, 0.15) is 16.6 Å². The highest BCUT2D eigenvalue weighted by atomic mass is 79.9. The molecule has 7 heteroatoms. The number of nitrogen functional groups attached to an aromatic ring is 1. The van der Waals surface area contributed by atoms with Gasteiger partial charge in [0.25, 0.3) is 0 Å².